The number of rotatable bonds is 4. The molecule has 0 aromatic heterocycles. The van der Waals surface area contributed by atoms with Crippen LogP contribution in [0, 0.1) is 15.9 Å². The molecule has 0 radical (unpaired) electrons. The summed E-state index contributed by atoms with van der Waals surface area (Å²) in [4.78, 5) is 40.4. The summed E-state index contributed by atoms with van der Waals surface area (Å²) in [6.07, 6.45) is 0. The smallest absolute Gasteiger partial charge is 0.269 e. The minimum absolute atomic E-state index is 0.0319. The number of carbonyl (C=O) groups is 2. The van der Waals surface area contributed by atoms with Crippen molar-refractivity contribution in [2.24, 2.45) is 0 Å². The van der Waals surface area contributed by atoms with Gasteiger partial charge in [-0.15, -0.1) is 0 Å². The number of halogens is 1. The summed E-state index contributed by atoms with van der Waals surface area (Å²) in [6.45, 7) is 3.51. The fraction of sp³-hybridized carbons (Fsp3) is 0.167. The van der Waals surface area contributed by atoms with Gasteiger partial charge in [-0.3, -0.25) is 24.6 Å². The molecule has 0 saturated carbocycles. The Morgan fingerprint density at radius 2 is 1.56 bits per heavy atom. The van der Waals surface area contributed by atoms with Gasteiger partial charge in [-0.05, 0) is 55.8 Å². The van der Waals surface area contributed by atoms with Gasteiger partial charge in [-0.1, -0.05) is 24.3 Å². The van der Waals surface area contributed by atoms with Crippen LogP contribution < -0.4 is 9.80 Å². The quantitative estimate of drug-likeness (QED) is 0.441. The highest BCUT2D eigenvalue weighted by atomic mass is 19.1. The number of nitrogens with zero attached hydrogens (tertiary/aromatic N) is 3. The zero-order valence-electron chi connectivity index (χ0n) is 17.5. The molecule has 8 heteroatoms. The number of para-hydroxylation sites is 2. The lowest BCUT2D eigenvalue weighted by molar-refractivity contribution is -0.384. The standard InChI is InChI=1S/C24H20FN3O4/c1-24(2)23(30)26(15-16-7-13-19(14-8-16)28(31)32)20-5-3-4-6-21(20)27(24)22(29)17-9-11-18(25)12-10-17/h3-14H,15H2,1-2H3. The van der Waals surface area contributed by atoms with E-state index in [0.29, 0.717) is 16.9 Å². The maximum Gasteiger partial charge on any atom is 0.269 e. The molecule has 2 amide bonds. The maximum atomic E-state index is 13.6. The van der Waals surface area contributed by atoms with E-state index >= 15 is 0 Å². The molecule has 7 nitrogen and oxygen atoms in total. The first-order chi connectivity index (χ1) is 15.2. The lowest BCUT2D eigenvalue weighted by Gasteiger charge is -2.46. The van der Waals surface area contributed by atoms with Crippen molar-refractivity contribution in [2.75, 3.05) is 9.80 Å². The molecule has 3 aromatic carbocycles. The van der Waals surface area contributed by atoms with Gasteiger partial charge in [0.1, 0.15) is 11.4 Å². The van der Waals surface area contributed by atoms with Crippen LogP contribution >= 0.6 is 0 Å². The van der Waals surface area contributed by atoms with E-state index in [1.807, 2.05) is 0 Å². The topological polar surface area (TPSA) is 83.8 Å². The molecule has 0 atom stereocenters. The molecule has 0 aliphatic carbocycles. The predicted octanol–water partition coefficient (Wildman–Crippen LogP) is 4.71. The molecular weight excluding hydrogens is 413 g/mol. The predicted molar refractivity (Wildman–Crippen MR) is 118 cm³/mol. The Morgan fingerprint density at radius 3 is 2.16 bits per heavy atom. The van der Waals surface area contributed by atoms with Crippen LogP contribution in [-0.2, 0) is 11.3 Å². The summed E-state index contributed by atoms with van der Waals surface area (Å²) in [5, 5.41) is 10.9. The van der Waals surface area contributed by atoms with Gasteiger partial charge in [-0.2, -0.15) is 0 Å². The highest BCUT2D eigenvalue weighted by Crippen LogP contribution is 2.42. The summed E-state index contributed by atoms with van der Waals surface area (Å²) < 4.78 is 13.3. The summed E-state index contributed by atoms with van der Waals surface area (Å²) in [5.74, 6) is -1.17. The van der Waals surface area contributed by atoms with Crippen LogP contribution in [0.4, 0.5) is 21.5 Å². The second-order valence-corrected chi connectivity index (χ2v) is 8.01. The van der Waals surface area contributed by atoms with E-state index in [4.69, 9.17) is 0 Å². The third-order valence-electron chi connectivity index (χ3n) is 5.52. The van der Waals surface area contributed by atoms with E-state index in [-0.39, 0.29) is 23.7 Å². The largest absolute Gasteiger partial charge is 0.304 e. The van der Waals surface area contributed by atoms with Crippen molar-refractivity contribution in [1.29, 1.82) is 0 Å². The fourth-order valence-corrected chi connectivity index (χ4v) is 3.87. The molecule has 0 saturated heterocycles. The van der Waals surface area contributed by atoms with E-state index in [0.717, 1.165) is 0 Å². The van der Waals surface area contributed by atoms with E-state index < -0.39 is 22.2 Å². The van der Waals surface area contributed by atoms with Crippen molar-refractivity contribution in [3.8, 4) is 0 Å². The van der Waals surface area contributed by atoms with E-state index in [1.165, 1.54) is 41.3 Å². The minimum atomic E-state index is -1.22. The van der Waals surface area contributed by atoms with Crippen LogP contribution in [0.1, 0.15) is 29.8 Å². The van der Waals surface area contributed by atoms with Crippen molar-refractivity contribution in [2.45, 2.75) is 25.9 Å². The molecule has 4 rings (SSSR count). The van der Waals surface area contributed by atoms with Crippen molar-refractivity contribution in [3.05, 3.63) is 99.9 Å². The Kier molecular flexibility index (Phi) is 5.22. The Morgan fingerprint density at radius 1 is 0.969 bits per heavy atom. The molecule has 0 bridgehead atoms. The van der Waals surface area contributed by atoms with Gasteiger partial charge in [0.25, 0.3) is 17.5 Å². The monoisotopic (exact) mass is 433 g/mol. The van der Waals surface area contributed by atoms with Crippen molar-refractivity contribution in [1.82, 2.24) is 0 Å². The van der Waals surface area contributed by atoms with Crippen LogP contribution in [0.2, 0.25) is 0 Å². The number of carbonyl (C=O) groups excluding carboxylic acids is 2. The number of non-ortho nitro benzene ring substituents is 1. The summed E-state index contributed by atoms with van der Waals surface area (Å²) in [7, 11) is 0. The number of benzene rings is 3. The summed E-state index contributed by atoms with van der Waals surface area (Å²) >= 11 is 0. The molecule has 1 aliphatic heterocycles. The van der Waals surface area contributed by atoms with Crippen molar-refractivity contribution < 1.29 is 18.9 Å². The third kappa shape index (κ3) is 3.60. The number of amides is 2. The van der Waals surface area contributed by atoms with Gasteiger partial charge in [-0.25, -0.2) is 4.39 Å². The number of fused-ring (bicyclic) bond motifs is 1. The van der Waals surface area contributed by atoms with Gasteiger partial charge in [0.05, 0.1) is 22.8 Å². The molecule has 1 heterocycles. The van der Waals surface area contributed by atoms with Gasteiger partial charge >= 0.3 is 0 Å². The zero-order valence-corrected chi connectivity index (χ0v) is 17.5. The van der Waals surface area contributed by atoms with Crippen LogP contribution in [0.25, 0.3) is 0 Å². The lowest BCUT2D eigenvalue weighted by Crippen LogP contribution is -2.62. The zero-order chi connectivity index (χ0) is 23.0. The molecule has 3 aromatic rings. The maximum absolute atomic E-state index is 13.6. The second kappa shape index (κ2) is 7.88. The van der Waals surface area contributed by atoms with E-state index in [1.54, 1.807) is 55.1 Å². The molecule has 0 fully saturated rings. The van der Waals surface area contributed by atoms with Gasteiger partial charge in [0.15, 0.2) is 0 Å². The summed E-state index contributed by atoms with van der Waals surface area (Å²) in [5.41, 5.74) is 0.828. The van der Waals surface area contributed by atoms with E-state index in [2.05, 4.69) is 0 Å². The first kappa shape index (κ1) is 21.2. The number of hydrogen-bond donors (Lipinski definition) is 0. The number of anilines is 2. The van der Waals surface area contributed by atoms with Gasteiger partial charge < -0.3 is 4.90 Å². The fourth-order valence-electron chi connectivity index (χ4n) is 3.87. The van der Waals surface area contributed by atoms with Gasteiger partial charge in [0.2, 0.25) is 0 Å². The minimum Gasteiger partial charge on any atom is -0.304 e. The number of nitro groups is 1. The average Bonchev–Trinajstić information content (AvgIpc) is 2.77. The Hall–Kier alpha value is -4.07. The molecule has 32 heavy (non-hydrogen) atoms. The van der Waals surface area contributed by atoms with Crippen molar-refractivity contribution >= 4 is 28.9 Å². The van der Waals surface area contributed by atoms with Crippen LogP contribution in [0.15, 0.2) is 72.8 Å². The molecule has 1 aliphatic rings. The lowest BCUT2D eigenvalue weighted by atomic mass is 9.93. The third-order valence-corrected chi connectivity index (χ3v) is 5.52. The molecular formula is C24H20FN3O4. The Labute approximate surface area is 183 Å². The number of hydrogen-bond acceptors (Lipinski definition) is 4. The van der Waals surface area contributed by atoms with Crippen LogP contribution in [0.5, 0.6) is 0 Å². The first-order valence-electron chi connectivity index (χ1n) is 9.94. The SMILES string of the molecule is CC1(C)C(=O)N(Cc2ccc([N+](=O)[O-])cc2)c2ccccc2N1C(=O)c1ccc(F)cc1. The molecule has 0 spiro atoms. The van der Waals surface area contributed by atoms with Crippen molar-refractivity contribution in [3.63, 3.8) is 0 Å². The molecule has 0 unspecified atom stereocenters. The van der Waals surface area contributed by atoms with Gasteiger partial charge in [0, 0.05) is 17.7 Å². The highest BCUT2D eigenvalue weighted by molar-refractivity contribution is 6.19. The Bertz CT molecular complexity index is 1210. The number of nitro benzene ring substituents is 1. The summed E-state index contributed by atoms with van der Waals surface area (Å²) in [6, 6.07) is 18.3. The van der Waals surface area contributed by atoms with Crippen LogP contribution in [0.3, 0.4) is 0 Å². The first-order valence-corrected chi connectivity index (χ1v) is 9.94. The van der Waals surface area contributed by atoms with Crippen LogP contribution in [-0.4, -0.2) is 22.3 Å². The van der Waals surface area contributed by atoms with E-state index in [9.17, 15) is 24.1 Å². The Balaban J connectivity index is 1.75. The molecule has 0 N–H and O–H groups in total. The molecule has 162 valence electrons. The second-order valence-electron chi connectivity index (χ2n) is 8.01. The highest BCUT2D eigenvalue weighted by Gasteiger charge is 2.47. The normalized spacial score (nSPS) is 14.8. The average molecular weight is 433 g/mol.